The molecule has 0 aliphatic heterocycles. The molecule has 6 nitrogen and oxygen atoms in total. The third-order valence-electron chi connectivity index (χ3n) is 2.74. The average Bonchev–Trinajstić information content (AvgIpc) is 2.48. The summed E-state index contributed by atoms with van der Waals surface area (Å²) in [6.45, 7) is 4.24. The van der Waals surface area contributed by atoms with Gasteiger partial charge in [0.05, 0.1) is 19.1 Å². The number of nitrogens with zero attached hydrogens (tertiary/aromatic N) is 3. The molecule has 0 bridgehead atoms. The predicted octanol–water partition coefficient (Wildman–Crippen LogP) is 1.20. The summed E-state index contributed by atoms with van der Waals surface area (Å²) < 4.78 is 5.07. The summed E-state index contributed by atoms with van der Waals surface area (Å²) in [7, 11) is 1.63. The fourth-order valence-corrected chi connectivity index (χ4v) is 1.75. The van der Waals surface area contributed by atoms with Crippen LogP contribution in [0.2, 0.25) is 0 Å². The molecule has 0 aromatic carbocycles. The lowest BCUT2D eigenvalue weighted by atomic mass is 10.2. The lowest BCUT2D eigenvalue weighted by Gasteiger charge is -2.23. The summed E-state index contributed by atoms with van der Waals surface area (Å²) in [5.41, 5.74) is 1.25. The molecule has 1 rings (SSSR count). The molecule has 20 heavy (non-hydrogen) atoms. The molecule has 0 fully saturated rings. The molecular weight excluding hydrogens is 256 g/mol. The van der Waals surface area contributed by atoms with Crippen LogP contribution in [0.1, 0.15) is 23.8 Å². The maximum absolute atomic E-state index is 11.8. The summed E-state index contributed by atoms with van der Waals surface area (Å²) in [4.78, 5) is 17.9. The van der Waals surface area contributed by atoms with Gasteiger partial charge in [0.25, 0.3) is 5.91 Å². The van der Waals surface area contributed by atoms with Crippen molar-refractivity contribution in [2.45, 2.75) is 13.3 Å². The Hall–Kier alpha value is -2.13. The Balaban J connectivity index is 2.86. The molecule has 6 heteroatoms. The van der Waals surface area contributed by atoms with Crippen LogP contribution in [0, 0.1) is 11.3 Å². The van der Waals surface area contributed by atoms with Gasteiger partial charge in [0.1, 0.15) is 5.69 Å². The van der Waals surface area contributed by atoms with Crippen LogP contribution in [0.5, 0.6) is 0 Å². The molecule has 1 aromatic rings. The maximum atomic E-state index is 11.8. The number of anilines is 1. The Morgan fingerprint density at radius 3 is 3.00 bits per heavy atom. The van der Waals surface area contributed by atoms with Crippen LogP contribution in [0.3, 0.4) is 0 Å². The number of aromatic nitrogens is 1. The van der Waals surface area contributed by atoms with Crippen molar-refractivity contribution in [3.8, 4) is 6.07 Å². The second-order valence-corrected chi connectivity index (χ2v) is 4.15. The van der Waals surface area contributed by atoms with Crippen molar-refractivity contribution >= 4 is 11.6 Å². The molecule has 1 amide bonds. The van der Waals surface area contributed by atoms with Crippen LogP contribution in [-0.4, -0.2) is 44.2 Å². The van der Waals surface area contributed by atoms with Crippen LogP contribution >= 0.6 is 0 Å². The van der Waals surface area contributed by atoms with Crippen LogP contribution < -0.4 is 10.2 Å². The highest BCUT2D eigenvalue weighted by atomic mass is 16.5. The van der Waals surface area contributed by atoms with Crippen molar-refractivity contribution in [1.82, 2.24) is 10.3 Å². The monoisotopic (exact) mass is 276 g/mol. The van der Waals surface area contributed by atoms with Gasteiger partial charge >= 0.3 is 0 Å². The highest BCUT2D eigenvalue weighted by molar-refractivity contribution is 5.93. The molecule has 0 unspecified atom stereocenters. The van der Waals surface area contributed by atoms with Crippen molar-refractivity contribution in [3.05, 3.63) is 24.0 Å². The first-order valence-corrected chi connectivity index (χ1v) is 6.58. The fourth-order valence-electron chi connectivity index (χ4n) is 1.75. The van der Waals surface area contributed by atoms with Gasteiger partial charge in [-0.25, -0.2) is 0 Å². The lowest BCUT2D eigenvalue weighted by Crippen LogP contribution is -2.29. The van der Waals surface area contributed by atoms with Crippen LogP contribution in [-0.2, 0) is 4.74 Å². The lowest BCUT2D eigenvalue weighted by molar-refractivity contribution is 0.0951. The third kappa shape index (κ3) is 4.86. The van der Waals surface area contributed by atoms with Gasteiger partial charge in [-0.15, -0.1) is 0 Å². The zero-order chi connectivity index (χ0) is 14.8. The van der Waals surface area contributed by atoms with Gasteiger partial charge in [-0.3, -0.25) is 9.78 Å². The van der Waals surface area contributed by atoms with Crippen molar-refractivity contribution in [2.75, 3.05) is 38.3 Å². The molecule has 0 saturated heterocycles. The summed E-state index contributed by atoms with van der Waals surface area (Å²) in [6.07, 6.45) is 2.02. The number of carbonyl (C=O) groups is 1. The Bertz CT molecular complexity index is 470. The van der Waals surface area contributed by atoms with E-state index in [1.54, 1.807) is 19.4 Å². The molecule has 108 valence electrons. The Morgan fingerprint density at radius 2 is 2.35 bits per heavy atom. The normalized spacial score (nSPS) is 9.85. The van der Waals surface area contributed by atoms with Gasteiger partial charge < -0.3 is 15.0 Å². The third-order valence-corrected chi connectivity index (χ3v) is 2.74. The first-order chi connectivity index (χ1) is 9.72. The van der Waals surface area contributed by atoms with Gasteiger partial charge in [-0.05, 0) is 19.1 Å². The van der Waals surface area contributed by atoms with E-state index < -0.39 is 0 Å². The summed E-state index contributed by atoms with van der Waals surface area (Å²) >= 11 is 0. The highest BCUT2D eigenvalue weighted by Crippen LogP contribution is 2.15. The SMILES string of the molecule is CCNC(=O)c1cc(N(CCC#N)CCOC)ccn1. The number of nitrogens with one attached hydrogen (secondary N) is 1. The minimum Gasteiger partial charge on any atom is -0.383 e. The van der Waals surface area contributed by atoms with Crippen molar-refractivity contribution in [1.29, 1.82) is 5.26 Å². The number of amides is 1. The largest absolute Gasteiger partial charge is 0.383 e. The van der Waals surface area contributed by atoms with E-state index in [2.05, 4.69) is 16.4 Å². The standard InChI is InChI=1S/C14H20N4O2/c1-3-16-14(19)13-11-12(5-7-17-13)18(8-4-6-15)9-10-20-2/h5,7,11H,3-4,8-10H2,1-2H3,(H,16,19). The second-order valence-electron chi connectivity index (χ2n) is 4.15. The predicted molar refractivity (Wildman–Crippen MR) is 76.6 cm³/mol. The molecule has 0 spiro atoms. The Kier molecular flexibility index (Phi) is 7.07. The van der Waals surface area contributed by atoms with E-state index in [1.165, 1.54) is 0 Å². The van der Waals surface area contributed by atoms with Crippen LogP contribution in [0.15, 0.2) is 18.3 Å². The minimum atomic E-state index is -0.193. The van der Waals surface area contributed by atoms with Crippen molar-refractivity contribution in [2.24, 2.45) is 0 Å². The number of rotatable bonds is 8. The second kappa shape index (κ2) is 8.88. The van der Waals surface area contributed by atoms with Gasteiger partial charge in [0.15, 0.2) is 0 Å². The molecule has 0 aliphatic carbocycles. The Morgan fingerprint density at radius 1 is 1.55 bits per heavy atom. The van der Waals surface area contributed by atoms with E-state index in [0.717, 1.165) is 5.69 Å². The topological polar surface area (TPSA) is 78.2 Å². The van der Waals surface area contributed by atoms with Crippen LogP contribution in [0.4, 0.5) is 5.69 Å². The van der Waals surface area contributed by atoms with Gasteiger partial charge in [0, 0.05) is 38.6 Å². The number of nitriles is 1. The van der Waals surface area contributed by atoms with E-state index in [9.17, 15) is 4.79 Å². The summed E-state index contributed by atoms with van der Waals surface area (Å²) in [6, 6.07) is 5.69. The first kappa shape index (κ1) is 15.9. The van der Waals surface area contributed by atoms with Crippen molar-refractivity contribution < 1.29 is 9.53 Å². The first-order valence-electron chi connectivity index (χ1n) is 6.58. The van der Waals surface area contributed by atoms with E-state index >= 15 is 0 Å². The summed E-state index contributed by atoms with van der Waals surface area (Å²) in [5, 5.41) is 11.4. The van der Waals surface area contributed by atoms with E-state index in [4.69, 9.17) is 10.00 Å². The van der Waals surface area contributed by atoms with E-state index in [1.807, 2.05) is 17.9 Å². The molecule has 0 radical (unpaired) electrons. The molecule has 0 aliphatic rings. The quantitative estimate of drug-likeness (QED) is 0.772. The molecule has 0 atom stereocenters. The molecule has 0 saturated carbocycles. The maximum Gasteiger partial charge on any atom is 0.269 e. The minimum absolute atomic E-state index is 0.193. The van der Waals surface area contributed by atoms with E-state index in [-0.39, 0.29) is 5.91 Å². The highest BCUT2D eigenvalue weighted by Gasteiger charge is 2.11. The molecule has 1 heterocycles. The fraction of sp³-hybridized carbons (Fsp3) is 0.500. The number of methoxy groups -OCH3 is 1. The van der Waals surface area contributed by atoms with Gasteiger partial charge in [-0.1, -0.05) is 0 Å². The zero-order valence-electron chi connectivity index (χ0n) is 11.9. The van der Waals surface area contributed by atoms with Crippen LogP contribution in [0.25, 0.3) is 0 Å². The number of hydrogen-bond acceptors (Lipinski definition) is 5. The van der Waals surface area contributed by atoms with Gasteiger partial charge in [-0.2, -0.15) is 5.26 Å². The number of carbonyl (C=O) groups excluding carboxylic acids is 1. The summed E-state index contributed by atoms with van der Waals surface area (Å²) in [5.74, 6) is -0.193. The smallest absolute Gasteiger partial charge is 0.269 e. The van der Waals surface area contributed by atoms with Crippen molar-refractivity contribution in [3.63, 3.8) is 0 Å². The number of pyridine rings is 1. The van der Waals surface area contributed by atoms with Gasteiger partial charge in [0.2, 0.25) is 0 Å². The number of ether oxygens (including phenoxy) is 1. The molecular formula is C14H20N4O2. The van der Waals surface area contributed by atoms with E-state index in [0.29, 0.717) is 38.4 Å². The average molecular weight is 276 g/mol. The number of hydrogen-bond donors (Lipinski definition) is 1. The molecule has 1 aromatic heterocycles. The zero-order valence-corrected chi connectivity index (χ0v) is 11.9. The molecule has 1 N–H and O–H groups in total. The Labute approximate surface area is 119 Å².